The van der Waals surface area contributed by atoms with E-state index in [1.165, 1.54) is 38.2 Å². The van der Waals surface area contributed by atoms with Crippen molar-refractivity contribution in [1.29, 1.82) is 0 Å². The molecule has 0 amide bonds. The molecule has 218 valence electrons. The van der Waals surface area contributed by atoms with E-state index in [0.29, 0.717) is 18.4 Å². The van der Waals surface area contributed by atoms with Gasteiger partial charge >= 0.3 is 18.1 Å². The number of aliphatic carboxylic acids is 1. The zero-order valence-electron chi connectivity index (χ0n) is 23.2. The van der Waals surface area contributed by atoms with Gasteiger partial charge in [0.2, 0.25) is 5.41 Å². The van der Waals surface area contributed by atoms with Crippen LogP contribution in [-0.4, -0.2) is 29.3 Å². The Bertz CT molecular complexity index is 979. The average molecular weight is 555 g/mol. The Morgan fingerprint density at radius 1 is 0.974 bits per heavy atom. The first-order chi connectivity index (χ1) is 18.5. The molecule has 8 heteroatoms. The van der Waals surface area contributed by atoms with Crippen LogP contribution in [-0.2, 0) is 20.7 Å². The molecule has 0 aromatic heterocycles. The fourth-order valence-electron chi connectivity index (χ4n) is 4.89. The van der Waals surface area contributed by atoms with Gasteiger partial charge in [-0.05, 0) is 42.4 Å². The molecule has 0 heterocycles. The third-order valence-electron chi connectivity index (χ3n) is 7.67. The number of esters is 1. The van der Waals surface area contributed by atoms with Crippen molar-refractivity contribution in [3.8, 4) is 0 Å². The van der Waals surface area contributed by atoms with Gasteiger partial charge in [-0.25, -0.2) is 9.18 Å². The van der Waals surface area contributed by atoms with Crippen molar-refractivity contribution in [2.75, 3.05) is 0 Å². The van der Waals surface area contributed by atoms with E-state index in [0.717, 1.165) is 37.0 Å². The van der Waals surface area contributed by atoms with Crippen LogP contribution >= 0.6 is 0 Å². The molecule has 0 spiro atoms. The van der Waals surface area contributed by atoms with E-state index in [9.17, 15) is 27.9 Å². The maximum Gasteiger partial charge on any atom is 0.425 e. The molecule has 3 unspecified atom stereocenters. The molecule has 0 radical (unpaired) electrons. The average Bonchev–Trinajstić information content (AvgIpc) is 2.90. The first-order valence-corrected chi connectivity index (χ1v) is 14.2. The highest BCUT2D eigenvalue weighted by molar-refractivity contribution is 6.05. The van der Waals surface area contributed by atoms with Crippen molar-refractivity contribution in [3.63, 3.8) is 0 Å². The minimum Gasteiger partial charge on any atom is -0.480 e. The standard InChI is InChI=1S/C31H42F4O4/c1-4-7-8-9-10-11-12-13-23-14-16-24(17-15-23)25-18-19-30(28(36)37,26(32)21-25)29(38)39-27(31(33,34)35)20-22(5-2)6-3/h14-19,21-22,25,27H,4-13,20H2,1-3H3,(H,36,37). The molecular formula is C31H42F4O4. The molecule has 4 nitrogen and oxygen atoms in total. The number of carboxylic acids is 1. The van der Waals surface area contributed by atoms with Crippen LogP contribution in [0.3, 0.4) is 0 Å². The van der Waals surface area contributed by atoms with Crippen molar-refractivity contribution < 1.29 is 37.0 Å². The Hall–Kier alpha value is -2.64. The van der Waals surface area contributed by atoms with Crippen LogP contribution in [0.5, 0.6) is 0 Å². The van der Waals surface area contributed by atoms with Crippen molar-refractivity contribution >= 4 is 11.9 Å². The second-order valence-corrected chi connectivity index (χ2v) is 10.5. The van der Waals surface area contributed by atoms with Gasteiger partial charge in [0, 0.05) is 5.92 Å². The van der Waals surface area contributed by atoms with E-state index in [-0.39, 0.29) is 5.92 Å². The summed E-state index contributed by atoms with van der Waals surface area (Å²) in [6.45, 7) is 5.63. The molecule has 1 aliphatic rings. The Morgan fingerprint density at radius 3 is 2.08 bits per heavy atom. The smallest absolute Gasteiger partial charge is 0.425 e. The number of benzene rings is 1. The van der Waals surface area contributed by atoms with Gasteiger partial charge < -0.3 is 9.84 Å². The summed E-state index contributed by atoms with van der Waals surface area (Å²) in [6.07, 6.45) is 5.40. The number of rotatable bonds is 16. The van der Waals surface area contributed by atoms with E-state index >= 15 is 4.39 Å². The molecule has 0 aliphatic heterocycles. The Kier molecular flexibility index (Phi) is 12.7. The molecule has 0 fully saturated rings. The maximum absolute atomic E-state index is 15.3. The van der Waals surface area contributed by atoms with Crippen LogP contribution in [0, 0.1) is 11.3 Å². The summed E-state index contributed by atoms with van der Waals surface area (Å²) in [5, 5.41) is 9.76. The Balaban J connectivity index is 2.10. The number of halogens is 4. The lowest BCUT2D eigenvalue weighted by molar-refractivity contribution is -0.229. The van der Waals surface area contributed by atoms with Crippen LogP contribution in [0.4, 0.5) is 17.6 Å². The SMILES string of the molecule is CCCCCCCCCc1ccc(C2C=CC(C(=O)O)(C(=O)OC(CC(CC)CC)C(F)(F)F)C(F)=C2)cc1. The highest BCUT2D eigenvalue weighted by Gasteiger charge is 2.55. The molecule has 1 aromatic carbocycles. The summed E-state index contributed by atoms with van der Waals surface area (Å²) in [5.74, 6) is -6.11. The van der Waals surface area contributed by atoms with E-state index < -0.39 is 47.8 Å². The lowest BCUT2D eigenvalue weighted by Crippen LogP contribution is -2.45. The van der Waals surface area contributed by atoms with E-state index in [4.69, 9.17) is 0 Å². The van der Waals surface area contributed by atoms with Crippen LogP contribution in [0.25, 0.3) is 0 Å². The number of carboxylic acid groups (broad SMARTS) is 1. The van der Waals surface area contributed by atoms with Gasteiger partial charge in [0.05, 0.1) is 0 Å². The van der Waals surface area contributed by atoms with Crippen LogP contribution in [0.1, 0.15) is 102 Å². The Morgan fingerprint density at radius 2 is 1.56 bits per heavy atom. The number of hydrogen-bond acceptors (Lipinski definition) is 3. The van der Waals surface area contributed by atoms with Gasteiger partial charge in [0.25, 0.3) is 0 Å². The van der Waals surface area contributed by atoms with Gasteiger partial charge in [-0.15, -0.1) is 0 Å². The number of carbonyl (C=O) groups excluding carboxylic acids is 1. The number of alkyl halides is 3. The lowest BCUT2D eigenvalue weighted by atomic mass is 9.78. The molecule has 39 heavy (non-hydrogen) atoms. The molecule has 0 saturated carbocycles. The van der Waals surface area contributed by atoms with Gasteiger partial charge in [-0.3, -0.25) is 4.79 Å². The highest BCUT2D eigenvalue weighted by Crippen LogP contribution is 2.42. The molecule has 1 N–H and O–H groups in total. The molecule has 2 rings (SSSR count). The van der Waals surface area contributed by atoms with Gasteiger partial charge in [0.1, 0.15) is 5.83 Å². The number of unbranched alkanes of at least 4 members (excludes halogenated alkanes) is 6. The minimum atomic E-state index is -4.91. The van der Waals surface area contributed by atoms with Crippen molar-refractivity contribution in [1.82, 2.24) is 0 Å². The quantitative estimate of drug-likeness (QED) is 0.0729. The summed E-state index contributed by atoms with van der Waals surface area (Å²) >= 11 is 0. The van der Waals surface area contributed by atoms with Crippen LogP contribution in [0.2, 0.25) is 0 Å². The van der Waals surface area contributed by atoms with Crippen molar-refractivity contribution in [3.05, 3.63) is 59.4 Å². The van der Waals surface area contributed by atoms with Gasteiger partial charge in [-0.1, -0.05) is 109 Å². The van der Waals surface area contributed by atoms with Crippen molar-refractivity contribution in [2.45, 2.75) is 110 Å². The predicted molar refractivity (Wildman–Crippen MR) is 144 cm³/mol. The summed E-state index contributed by atoms with van der Waals surface area (Å²) < 4.78 is 60.9. The molecule has 3 atom stereocenters. The zero-order valence-corrected chi connectivity index (χ0v) is 23.2. The summed E-state index contributed by atoms with van der Waals surface area (Å²) in [7, 11) is 0. The third-order valence-corrected chi connectivity index (χ3v) is 7.67. The highest BCUT2D eigenvalue weighted by atomic mass is 19.4. The number of ether oxygens (including phenoxy) is 1. The maximum atomic E-state index is 15.3. The predicted octanol–water partition coefficient (Wildman–Crippen LogP) is 8.86. The topological polar surface area (TPSA) is 63.6 Å². The summed E-state index contributed by atoms with van der Waals surface area (Å²) in [5.41, 5.74) is -1.14. The molecule has 1 aromatic rings. The summed E-state index contributed by atoms with van der Waals surface area (Å²) in [4.78, 5) is 24.9. The first-order valence-electron chi connectivity index (χ1n) is 14.2. The van der Waals surface area contributed by atoms with Crippen molar-refractivity contribution in [2.24, 2.45) is 11.3 Å². The van der Waals surface area contributed by atoms with E-state index in [1.54, 1.807) is 13.8 Å². The zero-order chi connectivity index (χ0) is 29.1. The molecular weight excluding hydrogens is 512 g/mol. The van der Waals surface area contributed by atoms with Crippen LogP contribution < -0.4 is 0 Å². The van der Waals surface area contributed by atoms with E-state index in [1.807, 2.05) is 24.3 Å². The monoisotopic (exact) mass is 554 g/mol. The number of hydrogen-bond donors (Lipinski definition) is 1. The van der Waals surface area contributed by atoms with Crippen LogP contribution in [0.15, 0.2) is 48.3 Å². The molecule has 0 bridgehead atoms. The molecule has 1 aliphatic carbocycles. The fraction of sp³-hybridized carbons (Fsp3) is 0.613. The lowest BCUT2D eigenvalue weighted by Gasteiger charge is -2.31. The first kappa shape index (κ1) is 32.6. The second-order valence-electron chi connectivity index (χ2n) is 10.5. The minimum absolute atomic E-state index is 0.384. The third kappa shape index (κ3) is 8.94. The molecule has 0 saturated heterocycles. The summed E-state index contributed by atoms with van der Waals surface area (Å²) in [6, 6.07) is 7.50. The van der Waals surface area contributed by atoms with Gasteiger partial charge in [0.15, 0.2) is 6.10 Å². The van der Waals surface area contributed by atoms with E-state index in [2.05, 4.69) is 11.7 Å². The number of allylic oxidation sites excluding steroid dienone is 2. The second kappa shape index (κ2) is 15.2. The largest absolute Gasteiger partial charge is 0.480 e. The Labute approximate surface area is 229 Å². The number of carbonyl (C=O) groups is 2. The number of aryl methyl sites for hydroxylation is 1. The van der Waals surface area contributed by atoms with Gasteiger partial charge in [-0.2, -0.15) is 13.2 Å². The normalized spacial score (nSPS) is 20.1. The fourth-order valence-corrected chi connectivity index (χ4v) is 4.89.